The molecule has 0 radical (unpaired) electrons. The molecule has 1 aromatic heterocycles. The Balaban J connectivity index is 1.62. The summed E-state index contributed by atoms with van der Waals surface area (Å²) >= 11 is 11.4. The molecule has 0 saturated carbocycles. The zero-order chi connectivity index (χ0) is 22.5. The largest absolute Gasteiger partial charge is 0.451 e. The number of anilines is 2. The van der Waals surface area contributed by atoms with Crippen LogP contribution in [0.15, 0.2) is 59.0 Å². The number of carbonyl (C=O) groups is 2. The van der Waals surface area contributed by atoms with Crippen LogP contribution in [0.3, 0.4) is 0 Å². The molecule has 0 aliphatic carbocycles. The molecular weight excluding hydrogens is 434 g/mol. The molecule has 6 nitrogen and oxygen atoms in total. The molecule has 0 spiro atoms. The average molecular weight is 456 g/mol. The third-order valence-electron chi connectivity index (χ3n) is 4.43. The molecule has 0 atom stereocenters. The SMILES string of the molecule is Cc1ccc(-c2ccc(C(=O)NC(=S)Nc3cccc(NC(=O)C(C)C)c3)o2)cc1Cl. The van der Waals surface area contributed by atoms with E-state index in [0.717, 1.165) is 11.1 Å². The van der Waals surface area contributed by atoms with Crippen molar-refractivity contribution in [2.24, 2.45) is 5.92 Å². The molecule has 31 heavy (non-hydrogen) atoms. The van der Waals surface area contributed by atoms with Crippen molar-refractivity contribution >= 4 is 52.1 Å². The van der Waals surface area contributed by atoms with Crippen LogP contribution >= 0.6 is 23.8 Å². The minimum atomic E-state index is -0.480. The van der Waals surface area contributed by atoms with Crippen LogP contribution in [-0.4, -0.2) is 16.9 Å². The van der Waals surface area contributed by atoms with Crippen molar-refractivity contribution in [2.45, 2.75) is 20.8 Å². The Morgan fingerprint density at radius 2 is 1.71 bits per heavy atom. The number of amides is 2. The van der Waals surface area contributed by atoms with Crippen LogP contribution in [0.2, 0.25) is 5.02 Å². The van der Waals surface area contributed by atoms with Gasteiger partial charge in [0.25, 0.3) is 5.91 Å². The highest BCUT2D eigenvalue weighted by molar-refractivity contribution is 7.80. The number of benzene rings is 2. The highest BCUT2D eigenvalue weighted by Gasteiger charge is 2.15. The lowest BCUT2D eigenvalue weighted by Gasteiger charge is -2.11. The van der Waals surface area contributed by atoms with Crippen molar-refractivity contribution in [1.82, 2.24) is 5.32 Å². The standard InChI is InChI=1S/C23H22ClN3O3S/c1-13(2)21(28)25-16-5-4-6-17(12-16)26-23(31)27-22(29)20-10-9-19(30-20)15-8-7-14(3)18(24)11-15/h4-13H,1-3H3,(H,25,28)(H2,26,27,29,31). The Labute approximate surface area is 191 Å². The number of thiocarbonyl (C=S) groups is 1. The second-order valence-corrected chi connectivity index (χ2v) is 8.08. The Morgan fingerprint density at radius 1 is 1.00 bits per heavy atom. The Morgan fingerprint density at radius 3 is 2.39 bits per heavy atom. The van der Waals surface area contributed by atoms with Crippen molar-refractivity contribution in [3.63, 3.8) is 0 Å². The fraction of sp³-hybridized carbons (Fsp3) is 0.174. The molecular formula is C23H22ClN3O3S. The number of hydrogen-bond donors (Lipinski definition) is 3. The van der Waals surface area contributed by atoms with Gasteiger partial charge in [0.2, 0.25) is 5.91 Å². The van der Waals surface area contributed by atoms with Gasteiger partial charge >= 0.3 is 0 Å². The van der Waals surface area contributed by atoms with E-state index in [1.807, 2.05) is 32.9 Å². The van der Waals surface area contributed by atoms with Crippen molar-refractivity contribution in [3.05, 3.63) is 70.9 Å². The Hall–Kier alpha value is -3.16. The third kappa shape index (κ3) is 5.93. The molecule has 2 aromatic carbocycles. The summed E-state index contributed by atoms with van der Waals surface area (Å²) in [6.45, 7) is 5.54. The predicted molar refractivity (Wildman–Crippen MR) is 127 cm³/mol. The van der Waals surface area contributed by atoms with Gasteiger partial charge in [-0.3, -0.25) is 14.9 Å². The van der Waals surface area contributed by atoms with Crippen molar-refractivity contribution < 1.29 is 14.0 Å². The molecule has 8 heteroatoms. The maximum atomic E-state index is 12.5. The van der Waals surface area contributed by atoms with E-state index in [1.54, 1.807) is 42.5 Å². The Bertz CT molecular complexity index is 1140. The molecule has 0 saturated heterocycles. The van der Waals surface area contributed by atoms with Gasteiger partial charge in [0, 0.05) is 27.9 Å². The maximum absolute atomic E-state index is 12.5. The van der Waals surface area contributed by atoms with E-state index in [-0.39, 0.29) is 22.7 Å². The van der Waals surface area contributed by atoms with E-state index < -0.39 is 5.91 Å². The highest BCUT2D eigenvalue weighted by Crippen LogP contribution is 2.27. The molecule has 3 rings (SSSR count). The fourth-order valence-corrected chi connectivity index (χ4v) is 3.04. The quantitative estimate of drug-likeness (QED) is 0.434. The lowest BCUT2D eigenvalue weighted by atomic mass is 10.1. The van der Waals surface area contributed by atoms with Crippen LogP contribution in [0.5, 0.6) is 0 Å². The number of halogens is 1. The summed E-state index contributed by atoms with van der Waals surface area (Å²) in [5.74, 6) is -0.0536. The molecule has 1 heterocycles. The van der Waals surface area contributed by atoms with Crippen molar-refractivity contribution in [3.8, 4) is 11.3 Å². The van der Waals surface area contributed by atoms with Gasteiger partial charge in [0.1, 0.15) is 5.76 Å². The van der Waals surface area contributed by atoms with E-state index in [0.29, 0.717) is 22.2 Å². The van der Waals surface area contributed by atoms with Gasteiger partial charge in [-0.15, -0.1) is 0 Å². The molecule has 0 aliphatic rings. The maximum Gasteiger partial charge on any atom is 0.293 e. The van der Waals surface area contributed by atoms with Gasteiger partial charge in [-0.1, -0.05) is 43.6 Å². The fourth-order valence-electron chi connectivity index (χ4n) is 2.65. The molecule has 3 aromatic rings. The summed E-state index contributed by atoms with van der Waals surface area (Å²) in [6.07, 6.45) is 0. The zero-order valence-electron chi connectivity index (χ0n) is 17.3. The summed E-state index contributed by atoms with van der Waals surface area (Å²) in [4.78, 5) is 24.3. The van der Waals surface area contributed by atoms with Crippen LogP contribution in [0.1, 0.15) is 30.0 Å². The van der Waals surface area contributed by atoms with Crippen LogP contribution in [0.25, 0.3) is 11.3 Å². The number of aryl methyl sites for hydroxylation is 1. The van der Waals surface area contributed by atoms with Crippen molar-refractivity contribution in [1.29, 1.82) is 0 Å². The first-order chi connectivity index (χ1) is 14.7. The average Bonchev–Trinajstić information content (AvgIpc) is 3.20. The van der Waals surface area contributed by atoms with E-state index >= 15 is 0 Å². The molecule has 0 bridgehead atoms. The van der Waals surface area contributed by atoms with Crippen LogP contribution in [0.4, 0.5) is 11.4 Å². The minimum absolute atomic E-state index is 0.0866. The molecule has 3 N–H and O–H groups in total. The summed E-state index contributed by atoms with van der Waals surface area (Å²) in [6, 6.07) is 15.9. The number of rotatable bonds is 5. The smallest absolute Gasteiger partial charge is 0.293 e. The second kappa shape index (κ2) is 9.76. The van der Waals surface area contributed by atoms with Gasteiger partial charge in [-0.2, -0.15) is 0 Å². The lowest BCUT2D eigenvalue weighted by Crippen LogP contribution is -2.33. The van der Waals surface area contributed by atoms with E-state index in [1.165, 1.54) is 0 Å². The zero-order valence-corrected chi connectivity index (χ0v) is 18.9. The van der Waals surface area contributed by atoms with Gasteiger partial charge < -0.3 is 15.1 Å². The molecule has 160 valence electrons. The number of furan rings is 1. The monoisotopic (exact) mass is 455 g/mol. The number of carbonyl (C=O) groups excluding carboxylic acids is 2. The summed E-state index contributed by atoms with van der Waals surface area (Å²) in [5, 5.41) is 9.05. The van der Waals surface area contributed by atoms with Crippen molar-refractivity contribution in [2.75, 3.05) is 10.6 Å². The summed E-state index contributed by atoms with van der Waals surface area (Å²) in [5.41, 5.74) is 2.99. The predicted octanol–water partition coefficient (Wildman–Crippen LogP) is 5.63. The van der Waals surface area contributed by atoms with E-state index in [9.17, 15) is 9.59 Å². The first-order valence-electron chi connectivity index (χ1n) is 9.62. The molecule has 0 aliphatic heterocycles. The second-order valence-electron chi connectivity index (χ2n) is 7.26. The molecule has 0 fully saturated rings. The van der Waals surface area contributed by atoms with Gasteiger partial charge in [0.05, 0.1) is 0 Å². The summed E-state index contributed by atoms with van der Waals surface area (Å²) < 4.78 is 5.66. The Kier molecular flexibility index (Phi) is 7.09. The van der Waals surface area contributed by atoms with Gasteiger partial charge in [0.15, 0.2) is 10.9 Å². The third-order valence-corrected chi connectivity index (χ3v) is 5.04. The molecule has 0 unspecified atom stereocenters. The first kappa shape index (κ1) is 22.5. The number of nitrogens with one attached hydrogen (secondary N) is 3. The van der Waals surface area contributed by atoms with Crippen LogP contribution in [-0.2, 0) is 4.79 Å². The van der Waals surface area contributed by atoms with Crippen LogP contribution < -0.4 is 16.0 Å². The van der Waals surface area contributed by atoms with E-state index in [2.05, 4.69) is 16.0 Å². The topological polar surface area (TPSA) is 83.4 Å². The van der Waals surface area contributed by atoms with Gasteiger partial charge in [-0.25, -0.2) is 0 Å². The molecule has 2 amide bonds. The first-order valence-corrected chi connectivity index (χ1v) is 10.4. The normalized spacial score (nSPS) is 10.6. The van der Waals surface area contributed by atoms with Gasteiger partial charge in [-0.05, 0) is 61.1 Å². The number of hydrogen-bond acceptors (Lipinski definition) is 4. The highest BCUT2D eigenvalue weighted by atomic mass is 35.5. The lowest BCUT2D eigenvalue weighted by molar-refractivity contribution is -0.118. The van der Waals surface area contributed by atoms with Crippen LogP contribution in [0, 0.1) is 12.8 Å². The summed E-state index contributed by atoms with van der Waals surface area (Å²) in [7, 11) is 0. The minimum Gasteiger partial charge on any atom is -0.451 e. The van der Waals surface area contributed by atoms with E-state index in [4.69, 9.17) is 28.2 Å².